The zero-order chi connectivity index (χ0) is 14.8. The van der Waals surface area contributed by atoms with E-state index in [0.29, 0.717) is 19.4 Å². The Labute approximate surface area is 117 Å². The van der Waals surface area contributed by atoms with Crippen LogP contribution in [0.2, 0.25) is 0 Å². The predicted octanol–water partition coefficient (Wildman–Crippen LogP) is 1.49. The first-order chi connectivity index (χ1) is 9.58. The van der Waals surface area contributed by atoms with Gasteiger partial charge in [0.05, 0.1) is 6.42 Å². The number of rotatable bonds is 8. The number of carbonyl (C=O) groups excluding carboxylic acids is 1. The average molecular weight is 280 g/mol. The van der Waals surface area contributed by atoms with Crippen molar-refractivity contribution in [3.63, 3.8) is 0 Å². The minimum atomic E-state index is -0.910. The second kappa shape index (κ2) is 8.92. The predicted molar refractivity (Wildman–Crippen MR) is 74.1 cm³/mol. The molecular formula is C14H20N2O4. The van der Waals surface area contributed by atoms with E-state index >= 15 is 0 Å². The van der Waals surface area contributed by atoms with Gasteiger partial charge in [0.25, 0.3) is 0 Å². The molecule has 0 heterocycles. The highest BCUT2D eigenvalue weighted by Gasteiger charge is 2.08. The lowest BCUT2D eigenvalue weighted by Gasteiger charge is -2.09. The SMILES string of the molecule is N[C@@H](CCCNC(=O)OCc1ccccc1)CC(=O)O. The molecule has 0 saturated carbocycles. The van der Waals surface area contributed by atoms with Crippen molar-refractivity contribution < 1.29 is 19.4 Å². The Morgan fingerprint density at radius 3 is 2.65 bits per heavy atom. The van der Waals surface area contributed by atoms with Gasteiger partial charge in [-0.05, 0) is 18.4 Å². The highest BCUT2D eigenvalue weighted by Crippen LogP contribution is 2.01. The Hall–Kier alpha value is -2.08. The number of ether oxygens (including phenoxy) is 1. The first kappa shape index (κ1) is 16.0. The molecule has 0 unspecified atom stereocenters. The fraction of sp³-hybridized carbons (Fsp3) is 0.429. The minimum absolute atomic E-state index is 0.0571. The van der Waals surface area contributed by atoms with E-state index in [4.69, 9.17) is 15.6 Å². The van der Waals surface area contributed by atoms with Crippen LogP contribution in [0.25, 0.3) is 0 Å². The molecule has 0 bridgehead atoms. The number of benzene rings is 1. The fourth-order valence-electron chi connectivity index (χ4n) is 1.66. The first-order valence-corrected chi connectivity index (χ1v) is 6.50. The van der Waals surface area contributed by atoms with Crippen LogP contribution >= 0.6 is 0 Å². The summed E-state index contributed by atoms with van der Waals surface area (Å²) in [5, 5.41) is 11.1. The van der Waals surface area contributed by atoms with Gasteiger partial charge in [0, 0.05) is 12.6 Å². The van der Waals surface area contributed by atoms with Gasteiger partial charge in [-0.15, -0.1) is 0 Å². The summed E-state index contributed by atoms with van der Waals surface area (Å²) in [5.41, 5.74) is 6.52. The summed E-state index contributed by atoms with van der Waals surface area (Å²) in [4.78, 5) is 21.8. The van der Waals surface area contributed by atoms with Crippen LogP contribution in [-0.4, -0.2) is 29.8 Å². The summed E-state index contributed by atoms with van der Waals surface area (Å²) in [6, 6.07) is 9.01. The van der Waals surface area contributed by atoms with Crippen LogP contribution in [-0.2, 0) is 16.1 Å². The molecule has 1 atom stereocenters. The third-order valence-electron chi connectivity index (χ3n) is 2.67. The van der Waals surface area contributed by atoms with E-state index in [9.17, 15) is 9.59 Å². The number of nitrogens with one attached hydrogen (secondary N) is 1. The Kier molecular flexibility index (Phi) is 7.13. The summed E-state index contributed by atoms with van der Waals surface area (Å²) in [6.45, 7) is 0.645. The van der Waals surface area contributed by atoms with Gasteiger partial charge >= 0.3 is 12.1 Å². The zero-order valence-corrected chi connectivity index (χ0v) is 11.2. The number of alkyl carbamates (subject to hydrolysis) is 1. The van der Waals surface area contributed by atoms with E-state index in [0.717, 1.165) is 5.56 Å². The normalized spacial score (nSPS) is 11.7. The molecule has 1 amide bonds. The number of amides is 1. The molecular weight excluding hydrogens is 260 g/mol. The number of carbonyl (C=O) groups is 2. The van der Waals surface area contributed by atoms with Gasteiger partial charge in [0.15, 0.2) is 0 Å². The maximum absolute atomic E-state index is 11.4. The van der Waals surface area contributed by atoms with E-state index in [1.165, 1.54) is 0 Å². The largest absolute Gasteiger partial charge is 0.481 e. The lowest BCUT2D eigenvalue weighted by Crippen LogP contribution is -2.28. The molecule has 0 saturated heterocycles. The van der Waals surface area contributed by atoms with Crippen molar-refractivity contribution in [2.24, 2.45) is 5.73 Å². The van der Waals surface area contributed by atoms with Crippen LogP contribution in [0.5, 0.6) is 0 Å². The van der Waals surface area contributed by atoms with Gasteiger partial charge in [-0.25, -0.2) is 4.79 Å². The van der Waals surface area contributed by atoms with Gasteiger partial charge in [-0.1, -0.05) is 30.3 Å². The van der Waals surface area contributed by atoms with Crippen LogP contribution in [0.1, 0.15) is 24.8 Å². The van der Waals surface area contributed by atoms with Crippen LogP contribution in [0.15, 0.2) is 30.3 Å². The molecule has 6 nitrogen and oxygen atoms in total. The van der Waals surface area contributed by atoms with Crippen LogP contribution in [0.3, 0.4) is 0 Å². The lowest BCUT2D eigenvalue weighted by atomic mass is 10.1. The monoisotopic (exact) mass is 280 g/mol. The number of carboxylic acids is 1. The lowest BCUT2D eigenvalue weighted by molar-refractivity contribution is -0.137. The third-order valence-corrected chi connectivity index (χ3v) is 2.67. The summed E-state index contributed by atoms with van der Waals surface area (Å²) in [6.07, 6.45) is 0.624. The number of nitrogens with two attached hydrogens (primary N) is 1. The molecule has 1 aromatic carbocycles. The molecule has 0 radical (unpaired) electrons. The molecule has 6 heteroatoms. The molecule has 0 fully saturated rings. The van der Waals surface area contributed by atoms with Gasteiger partial charge < -0.3 is 20.9 Å². The zero-order valence-electron chi connectivity index (χ0n) is 11.2. The third kappa shape index (κ3) is 7.38. The molecule has 20 heavy (non-hydrogen) atoms. The van der Waals surface area contributed by atoms with Crippen molar-refractivity contribution >= 4 is 12.1 Å². The fourth-order valence-corrected chi connectivity index (χ4v) is 1.66. The van der Waals surface area contributed by atoms with Crippen molar-refractivity contribution in [2.75, 3.05) is 6.54 Å². The van der Waals surface area contributed by atoms with Gasteiger partial charge in [0.2, 0.25) is 0 Å². The molecule has 0 aromatic heterocycles. The summed E-state index contributed by atoms with van der Waals surface area (Å²) < 4.78 is 5.02. The maximum atomic E-state index is 11.4. The van der Waals surface area contributed by atoms with E-state index in [-0.39, 0.29) is 19.1 Å². The Balaban J connectivity index is 2.07. The number of hydrogen-bond acceptors (Lipinski definition) is 4. The van der Waals surface area contributed by atoms with Crippen LogP contribution in [0, 0.1) is 0 Å². The summed E-state index contributed by atoms with van der Waals surface area (Å²) in [7, 11) is 0. The molecule has 0 spiro atoms. The van der Waals surface area contributed by atoms with Crippen LogP contribution < -0.4 is 11.1 Å². The van der Waals surface area contributed by atoms with E-state index in [1.807, 2.05) is 30.3 Å². The minimum Gasteiger partial charge on any atom is -0.481 e. The quantitative estimate of drug-likeness (QED) is 0.626. The molecule has 1 rings (SSSR count). The van der Waals surface area contributed by atoms with Gasteiger partial charge in [-0.3, -0.25) is 4.79 Å². The summed E-state index contributed by atoms with van der Waals surface area (Å²) in [5.74, 6) is -0.910. The first-order valence-electron chi connectivity index (χ1n) is 6.50. The number of carboxylic acid groups (broad SMARTS) is 1. The van der Waals surface area contributed by atoms with Crippen molar-refractivity contribution in [3.05, 3.63) is 35.9 Å². The Bertz CT molecular complexity index is 422. The van der Waals surface area contributed by atoms with E-state index < -0.39 is 12.1 Å². The number of hydrogen-bond donors (Lipinski definition) is 3. The van der Waals surface area contributed by atoms with Crippen molar-refractivity contribution in [1.82, 2.24) is 5.32 Å². The van der Waals surface area contributed by atoms with Gasteiger partial charge in [-0.2, -0.15) is 0 Å². The second-order valence-electron chi connectivity index (χ2n) is 4.49. The van der Waals surface area contributed by atoms with Gasteiger partial charge in [0.1, 0.15) is 6.61 Å². The molecule has 1 aromatic rings. The Morgan fingerprint density at radius 2 is 2.00 bits per heavy atom. The van der Waals surface area contributed by atoms with E-state index in [2.05, 4.69) is 5.32 Å². The molecule has 0 aliphatic carbocycles. The van der Waals surface area contributed by atoms with E-state index in [1.54, 1.807) is 0 Å². The standard InChI is InChI=1S/C14H20N2O4/c15-12(9-13(17)18)7-4-8-16-14(19)20-10-11-5-2-1-3-6-11/h1-3,5-6,12H,4,7-10,15H2,(H,16,19)(H,17,18)/t12-/m0/s1. The Morgan fingerprint density at radius 1 is 1.30 bits per heavy atom. The topological polar surface area (TPSA) is 102 Å². The number of aliphatic carboxylic acids is 1. The molecule has 110 valence electrons. The molecule has 0 aliphatic rings. The second-order valence-corrected chi connectivity index (χ2v) is 4.49. The highest BCUT2D eigenvalue weighted by atomic mass is 16.5. The average Bonchev–Trinajstić information content (AvgIpc) is 2.42. The van der Waals surface area contributed by atoms with Crippen molar-refractivity contribution in [2.45, 2.75) is 31.9 Å². The van der Waals surface area contributed by atoms with Crippen molar-refractivity contribution in [1.29, 1.82) is 0 Å². The molecule has 0 aliphatic heterocycles. The summed E-state index contributed by atoms with van der Waals surface area (Å²) >= 11 is 0. The smallest absolute Gasteiger partial charge is 0.407 e. The van der Waals surface area contributed by atoms with Crippen LogP contribution in [0.4, 0.5) is 4.79 Å². The highest BCUT2D eigenvalue weighted by molar-refractivity contribution is 5.67. The molecule has 4 N–H and O–H groups in total. The van der Waals surface area contributed by atoms with Crippen molar-refractivity contribution in [3.8, 4) is 0 Å². The maximum Gasteiger partial charge on any atom is 0.407 e.